The fourth-order valence-corrected chi connectivity index (χ4v) is 0.837. The van der Waals surface area contributed by atoms with Gasteiger partial charge in [0.05, 0.1) is 12.0 Å². The molecule has 0 aliphatic carbocycles. The summed E-state index contributed by atoms with van der Waals surface area (Å²) in [6.45, 7) is 3.76. The van der Waals surface area contributed by atoms with Crippen molar-refractivity contribution in [3.63, 3.8) is 0 Å². The van der Waals surface area contributed by atoms with Gasteiger partial charge in [0.2, 0.25) is 0 Å². The number of aromatic nitrogens is 3. The molecule has 1 aromatic rings. The minimum atomic E-state index is -0.540. The minimum Gasteiger partial charge on any atom is -0.460 e. The van der Waals surface area contributed by atoms with Crippen LogP contribution in [0.3, 0.4) is 0 Å². The SMILES string of the molecule is CCOC(=O)c1n[nH]c(C(C)Cl)n1. The first-order chi connectivity index (χ1) is 6.15. The average Bonchev–Trinajstić information content (AvgIpc) is 2.52. The second-order valence-electron chi connectivity index (χ2n) is 2.38. The lowest BCUT2D eigenvalue weighted by atomic mass is 10.4. The van der Waals surface area contributed by atoms with Gasteiger partial charge in [-0.2, -0.15) is 0 Å². The number of alkyl halides is 1. The third-order valence-corrected chi connectivity index (χ3v) is 1.54. The van der Waals surface area contributed by atoms with Crippen LogP contribution < -0.4 is 0 Å². The number of aromatic amines is 1. The van der Waals surface area contributed by atoms with Crippen LogP contribution in [-0.2, 0) is 4.74 Å². The Bertz CT molecular complexity index is 298. The van der Waals surface area contributed by atoms with E-state index in [0.29, 0.717) is 12.4 Å². The standard InChI is InChI=1S/C7H10ClN3O2/c1-3-13-7(12)6-9-5(4(2)8)10-11-6/h4H,3H2,1-2H3,(H,9,10,11). The quantitative estimate of drug-likeness (QED) is 0.594. The van der Waals surface area contributed by atoms with Crippen LogP contribution in [0.1, 0.15) is 35.7 Å². The number of ether oxygens (including phenoxy) is 1. The highest BCUT2D eigenvalue weighted by Gasteiger charge is 2.15. The third kappa shape index (κ3) is 2.42. The number of nitrogens with zero attached hydrogens (tertiary/aromatic N) is 2. The molecule has 1 rings (SSSR count). The summed E-state index contributed by atoms with van der Waals surface area (Å²) in [4.78, 5) is 14.9. The van der Waals surface area contributed by atoms with Crippen LogP contribution >= 0.6 is 11.6 Å². The molecule has 0 saturated carbocycles. The number of H-pyrrole nitrogens is 1. The Balaban J connectivity index is 2.73. The Morgan fingerprint density at radius 1 is 1.77 bits per heavy atom. The van der Waals surface area contributed by atoms with Crippen LogP contribution in [0.15, 0.2) is 0 Å². The van der Waals surface area contributed by atoms with Gasteiger partial charge in [-0.1, -0.05) is 0 Å². The monoisotopic (exact) mass is 203 g/mol. The molecule has 0 spiro atoms. The highest BCUT2D eigenvalue weighted by molar-refractivity contribution is 6.20. The van der Waals surface area contributed by atoms with Crippen LogP contribution in [0.4, 0.5) is 0 Å². The molecule has 0 amide bonds. The number of esters is 1. The number of rotatable bonds is 3. The van der Waals surface area contributed by atoms with Crippen LogP contribution in [0.2, 0.25) is 0 Å². The first-order valence-electron chi connectivity index (χ1n) is 3.88. The third-order valence-electron chi connectivity index (χ3n) is 1.34. The van der Waals surface area contributed by atoms with Crippen molar-refractivity contribution >= 4 is 17.6 Å². The minimum absolute atomic E-state index is 0.0179. The summed E-state index contributed by atoms with van der Waals surface area (Å²) < 4.78 is 4.69. The maximum atomic E-state index is 11.1. The van der Waals surface area contributed by atoms with E-state index in [4.69, 9.17) is 16.3 Å². The summed E-state index contributed by atoms with van der Waals surface area (Å²) in [5, 5.41) is 5.92. The molecule has 0 aromatic carbocycles. The van der Waals surface area contributed by atoms with Gasteiger partial charge in [0.15, 0.2) is 0 Å². The van der Waals surface area contributed by atoms with Crippen LogP contribution in [0.5, 0.6) is 0 Å². The Morgan fingerprint density at radius 2 is 2.46 bits per heavy atom. The van der Waals surface area contributed by atoms with Gasteiger partial charge < -0.3 is 4.74 Å². The molecule has 1 atom stereocenters. The summed E-state index contributed by atoms with van der Waals surface area (Å²) in [6, 6.07) is 0. The zero-order chi connectivity index (χ0) is 9.84. The molecule has 0 bridgehead atoms. The number of carbonyl (C=O) groups is 1. The van der Waals surface area contributed by atoms with Crippen LogP contribution in [0.25, 0.3) is 0 Å². The van der Waals surface area contributed by atoms with Crippen molar-refractivity contribution in [1.29, 1.82) is 0 Å². The molecular formula is C7H10ClN3O2. The van der Waals surface area contributed by atoms with E-state index >= 15 is 0 Å². The average molecular weight is 204 g/mol. The van der Waals surface area contributed by atoms with Gasteiger partial charge in [-0.15, -0.1) is 16.7 Å². The number of hydrogen-bond donors (Lipinski definition) is 1. The first kappa shape index (κ1) is 9.98. The molecule has 72 valence electrons. The maximum Gasteiger partial charge on any atom is 0.378 e. The lowest BCUT2D eigenvalue weighted by Gasteiger charge is -1.95. The predicted molar refractivity (Wildman–Crippen MR) is 46.6 cm³/mol. The smallest absolute Gasteiger partial charge is 0.378 e. The lowest BCUT2D eigenvalue weighted by Crippen LogP contribution is -2.06. The molecule has 13 heavy (non-hydrogen) atoms. The van der Waals surface area contributed by atoms with Crippen molar-refractivity contribution in [2.75, 3.05) is 6.61 Å². The van der Waals surface area contributed by atoms with Crippen LogP contribution in [0, 0.1) is 0 Å². The Hall–Kier alpha value is -1.10. The molecule has 1 aromatic heterocycles. The van der Waals surface area contributed by atoms with Gasteiger partial charge in [-0.25, -0.2) is 9.78 Å². The molecule has 0 aliphatic rings. The molecule has 0 aliphatic heterocycles. The summed E-state index contributed by atoms with van der Waals surface area (Å²) >= 11 is 5.71. The number of halogens is 1. The molecular weight excluding hydrogens is 194 g/mol. The highest BCUT2D eigenvalue weighted by atomic mass is 35.5. The maximum absolute atomic E-state index is 11.1. The summed E-state index contributed by atoms with van der Waals surface area (Å²) in [5.41, 5.74) is 0. The van der Waals surface area contributed by atoms with Gasteiger partial charge in [-0.05, 0) is 13.8 Å². The Kier molecular flexibility index (Phi) is 3.25. The molecule has 1 N–H and O–H groups in total. The largest absolute Gasteiger partial charge is 0.460 e. The van der Waals surface area contributed by atoms with Crippen LogP contribution in [-0.4, -0.2) is 27.8 Å². The summed E-state index contributed by atoms with van der Waals surface area (Å²) in [7, 11) is 0. The van der Waals surface area contributed by atoms with E-state index in [1.54, 1.807) is 13.8 Å². The predicted octanol–water partition coefficient (Wildman–Crippen LogP) is 1.28. The molecule has 0 fully saturated rings. The summed E-state index contributed by atoms with van der Waals surface area (Å²) in [6.07, 6.45) is 0. The number of nitrogens with one attached hydrogen (secondary N) is 1. The fraction of sp³-hybridized carbons (Fsp3) is 0.571. The van der Waals surface area contributed by atoms with E-state index in [2.05, 4.69) is 15.2 Å². The van der Waals surface area contributed by atoms with E-state index in [9.17, 15) is 4.79 Å². The van der Waals surface area contributed by atoms with E-state index in [1.165, 1.54) is 0 Å². The zero-order valence-electron chi connectivity index (χ0n) is 7.37. The molecule has 1 unspecified atom stereocenters. The van der Waals surface area contributed by atoms with Crippen molar-refractivity contribution in [2.45, 2.75) is 19.2 Å². The van der Waals surface area contributed by atoms with Crippen molar-refractivity contribution < 1.29 is 9.53 Å². The van der Waals surface area contributed by atoms with Gasteiger partial charge in [0.1, 0.15) is 5.82 Å². The normalized spacial score (nSPS) is 12.5. The lowest BCUT2D eigenvalue weighted by molar-refractivity contribution is 0.0512. The van der Waals surface area contributed by atoms with E-state index in [1.807, 2.05) is 0 Å². The van der Waals surface area contributed by atoms with Crippen molar-refractivity contribution in [1.82, 2.24) is 15.2 Å². The Morgan fingerprint density at radius 3 is 2.92 bits per heavy atom. The molecule has 0 radical (unpaired) electrons. The molecule has 6 heteroatoms. The van der Waals surface area contributed by atoms with Crippen molar-refractivity contribution in [2.24, 2.45) is 0 Å². The molecule has 0 saturated heterocycles. The zero-order valence-corrected chi connectivity index (χ0v) is 8.13. The first-order valence-corrected chi connectivity index (χ1v) is 4.32. The van der Waals surface area contributed by atoms with E-state index in [0.717, 1.165) is 0 Å². The second-order valence-corrected chi connectivity index (χ2v) is 3.04. The Labute approximate surface area is 80.5 Å². The van der Waals surface area contributed by atoms with E-state index in [-0.39, 0.29) is 11.2 Å². The number of carbonyl (C=O) groups excluding carboxylic acids is 1. The van der Waals surface area contributed by atoms with Crippen molar-refractivity contribution in [3.05, 3.63) is 11.6 Å². The van der Waals surface area contributed by atoms with Crippen molar-refractivity contribution in [3.8, 4) is 0 Å². The van der Waals surface area contributed by atoms with E-state index < -0.39 is 5.97 Å². The topological polar surface area (TPSA) is 67.9 Å². The summed E-state index contributed by atoms with van der Waals surface area (Å²) in [5.74, 6) is -0.0589. The van der Waals surface area contributed by atoms with Gasteiger partial charge in [0, 0.05) is 0 Å². The fourth-order valence-electron chi connectivity index (χ4n) is 0.739. The molecule has 5 nitrogen and oxygen atoms in total. The van der Waals surface area contributed by atoms with Gasteiger partial charge in [0.25, 0.3) is 5.82 Å². The highest BCUT2D eigenvalue weighted by Crippen LogP contribution is 2.13. The second kappa shape index (κ2) is 4.23. The number of hydrogen-bond acceptors (Lipinski definition) is 4. The molecule has 1 heterocycles. The van der Waals surface area contributed by atoms with Gasteiger partial charge in [-0.3, -0.25) is 5.10 Å². The van der Waals surface area contributed by atoms with Gasteiger partial charge >= 0.3 is 5.97 Å².